The lowest BCUT2D eigenvalue weighted by Gasteiger charge is -2.21. The van der Waals surface area contributed by atoms with Crippen molar-refractivity contribution < 1.29 is 13.9 Å². The first-order chi connectivity index (χ1) is 13.9. The van der Waals surface area contributed by atoms with Crippen LogP contribution in [-0.2, 0) is 4.74 Å². The van der Waals surface area contributed by atoms with Gasteiger partial charge in [-0.2, -0.15) is 0 Å². The third-order valence-corrected chi connectivity index (χ3v) is 4.91. The molecule has 0 atom stereocenters. The van der Waals surface area contributed by atoms with Gasteiger partial charge in [-0.15, -0.1) is 0 Å². The van der Waals surface area contributed by atoms with Crippen LogP contribution < -0.4 is 4.74 Å². The van der Waals surface area contributed by atoms with Crippen molar-refractivity contribution in [1.82, 2.24) is 4.90 Å². The molecule has 0 unspecified atom stereocenters. The molecule has 0 saturated carbocycles. The first-order valence-corrected chi connectivity index (χ1v) is 9.87. The van der Waals surface area contributed by atoms with Gasteiger partial charge in [0.15, 0.2) is 0 Å². The predicted molar refractivity (Wildman–Crippen MR) is 117 cm³/mol. The van der Waals surface area contributed by atoms with E-state index in [1.807, 2.05) is 38.4 Å². The highest BCUT2D eigenvalue weighted by atomic mass is 19.1. The molecular weight excluding hydrogens is 365 g/mol. The van der Waals surface area contributed by atoms with Crippen LogP contribution in [-0.4, -0.2) is 39.3 Å². The molecule has 0 amide bonds. The predicted octanol–water partition coefficient (Wildman–Crippen LogP) is 5.73. The molecule has 4 heteroatoms. The zero-order chi connectivity index (χ0) is 21.0. The number of benzene rings is 2. The number of methoxy groups -OCH3 is 1. The Morgan fingerprint density at radius 1 is 1.00 bits per heavy atom. The zero-order valence-electron chi connectivity index (χ0n) is 17.9. The van der Waals surface area contributed by atoms with Gasteiger partial charge >= 0.3 is 0 Å². The fourth-order valence-electron chi connectivity index (χ4n) is 3.55. The van der Waals surface area contributed by atoms with E-state index in [2.05, 4.69) is 36.9 Å². The van der Waals surface area contributed by atoms with E-state index in [4.69, 9.17) is 9.47 Å². The number of allylic oxidation sites excluding steroid dienone is 3. The SMILES string of the molecule is COC1=CC[CH]C(F)=C1c1cc(-c2cc(C)cc(C)c2)ccc1OCCN(C)C. The van der Waals surface area contributed by atoms with Crippen LogP contribution in [0.25, 0.3) is 16.7 Å². The molecule has 1 aliphatic carbocycles. The third kappa shape index (κ3) is 5.07. The minimum atomic E-state index is -0.278. The highest BCUT2D eigenvalue weighted by Crippen LogP contribution is 2.40. The molecule has 2 aromatic carbocycles. The number of aryl methyl sites for hydroxylation is 2. The van der Waals surface area contributed by atoms with E-state index in [-0.39, 0.29) is 5.83 Å². The summed E-state index contributed by atoms with van der Waals surface area (Å²) >= 11 is 0. The van der Waals surface area contributed by atoms with Crippen molar-refractivity contribution in [1.29, 1.82) is 0 Å². The zero-order valence-corrected chi connectivity index (χ0v) is 17.9. The summed E-state index contributed by atoms with van der Waals surface area (Å²) in [4.78, 5) is 2.05. The second-order valence-corrected chi connectivity index (χ2v) is 7.67. The van der Waals surface area contributed by atoms with Gasteiger partial charge < -0.3 is 14.4 Å². The van der Waals surface area contributed by atoms with Crippen molar-refractivity contribution >= 4 is 5.57 Å². The van der Waals surface area contributed by atoms with Gasteiger partial charge in [0.25, 0.3) is 0 Å². The molecule has 0 aliphatic heterocycles. The molecule has 0 bridgehead atoms. The van der Waals surface area contributed by atoms with Crippen molar-refractivity contribution in [2.24, 2.45) is 0 Å². The average Bonchev–Trinajstić information content (AvgIpc) is 2.67. The van der Waals surface area contributed by atoms with Gasteiger partial charge in [-0.1, -0.05) is 35.4 Å². The maximum atomic E-state index is 14.9. The maximum absolute atomic E-state index is 14.9. The summed E-state index contributed by atoms with van der Waals surface area (Å²) in [6.45, 7) is 5.47. The quantitative estimate of drug-likeness (QED) is 0.599. The summed E-state index contributed by atoms with van der Waals surface area (Å²) < 4.78 is 26.4. The van der Waals surface area contributed by atoms with Crippen LogP contribution in [0.5, 0.6) is 5.75 Å². The van der Waals surface area contributed by atoms with Gasteiger partial charge in [-0.05, 0) is 63.7 Å². The Labute approximate surface area is 173 Å². The molecule has 153 valence electrons. The van der Waals surface area contributed by atoms with E-state index in [0.717, 1.165) is 17.7 Å². The summed E-state index contributed by atoms with van der Waals surface area (Å²) in [5.41, 5.74) is 5.68. The molecule has 2 aromatic rings. The summed E-state index contributed by atoms with van der Waals surface area (Å²) in [7, 11) is 5.57. The van der Waals surface area contributed by atoms with Gasteiger partial charge in [0.1, 0.15) is 23.9 Å². The van der Waals surface area contributed by atoms with Crippen molar-refractivity contribution in [2.75, 3.05) is 34.4 Å². The van der Waals surface area contributed by atoms with Gasteiger partial charge in [-0.3, -0.25) is 0 Å². The average molecular weight is 395 g/mol. The van der Waals surface area contributed by atoms with Gasteiger partial charge in [0, 0.05) is 18.5 Å². The van der Waals surface area contributed by atoms with E-state index >= 15 is 0 Å². The van der Waals surface area contributed by atoms with Gasteiger partial charge in [0.05, 0.1) is 12.7 Å². The number of nitrogens with zero attached hydrogens (tertiary/aromatic N) is 1. The smallest absolute Gasteiger partial charge is 0.127 e. The molecule has 3 rings (SSSR count). The van der Waals surface area contributed by atoms with Gasteiger partial charge in [-0.25, -0.2) is 4.39 Å². The minimum absolute atomic E-state index is 0.278. The Bertz CT molecular complexity index is 924. The molecule has 1 aliphatic rings. The maximum Gasteiger partial charge on any atom is 0.127 e. The Kier molecular flexibility index (Phi) is 6.75. The van der Waals surface area contributed by atoms with Crippen molar-refractivity contribution in [3.05, 3.63) is 77.2 Å². The van der Waals surface area contributed by atoms with Crippen molar-refractivity contribution in [3.63, 3.8) is 0 Å². The molecule has 3 nitrogen and oxygen atoms in total. The normalized spacial score (nSPS) is 14.2. The number of ether oxygens (including phenoxy) is 2. The summed E-state index contributed by atoms with van der Waals surface area (Å²) in [6, 6.07) is 12.4. The Hall–Kier alpha value is -2.59. The number of hydrogen-bond donors (Lipinski definition) is 0. The highest BCUT2D eigenvalue weighted by molar-refractivity contribution is 5.86. The van der Waals surface area contributed by atoms with Crippen molar-refractivity contribution in [3.8, 4) is 16.9 Å². The number of halogens is 1. The van der Waals surface area contributed by atoms with Crippen LogP contribution in [0.1, 0.15) is 23.1 Å². The lowest BCUT2D eigenvalue weighted by Crippen LogP contribution is -2.19. The largest absolute Gasteiger partial charge is 0.496 e. The van der Waals surface area contributed by atoms with Crippen LogP contribution in [0.4, 0.5) is 4.39 Å². The first kappa shape index (κ1) is 21.1. The van der Waals surface area contributed by atoms with Crippen LogP contribution in [0.2, 0.25) is 0 Å². The van der Waals surface area contributed by atoms with Crippen LogP contribution in [0.15, 0.2) is 54.1 Å². The highest BCUT2D eigenvalue weighted by Gasteiger charge is 2.23. The van der Waals surface area contributed by atoms with Crippen molar-refractivity contribution in [2.45, 2.75) is 20.3 Å². The fraction of sp³-hybridized carbons (Fsp3) is 0.320. The van der Waals surface area contributed by atoms with E-state index in [9.17, 15) is 4.39 Å². The Balaban J connectivity index is 2.09. The molecule has 29 heavy (non-hydrogen) atoms. The lowest BCUT2D eigenvalue weighted by molar-refractivity contribution is 0.260. The van der Waals surface area contributed by atoms with E-state index in [1.54, 1.807) is 13.5 Å². The third-order valence-electron chi connectivity index (χ3n) is 4.91. The fourth-order valence-corrected chi connectivity index (χ4v) is 3.55. The van der Waals surface area contributed by atoms with E-state index in [0.29, 0.717) is 35.7 Å². The summed E-state index contributed by atoms with van der Waals surface area (Å²) in [5, 5.41) is 0. The van der Waals surface area contributed by atoms with Gasteiger partial charge in [0.2, 0.25) is 0 Å². The number of likely N-dealkylation sites (N-methyl/N-ethyl adjacent to an activating group) is 1. The second kappa shape index (κ2) is 9.27. The Morgan fingerprint density at radius 3 is 2.38 bits per heavy atom. The topological polar surface area (TPSA) is 21.7 Å². The molecular formula is C25H29FNO2. The molecule has 1 radical (unpaired) electrons. The molecule has 0 fully saturated rings. The second-order valence-electron chi connectivity index (χ2n) is 7.67. The summed E-state index contributed by atoms with van der Waals surface area (Å²) in [5.74, 6) is 0.919. The number of rotatable bonds is 7. The lowest BCUT2D eigenvalue weighted by atomic mass is 9.92. The minimum Gasteiger partial charge on any atom is -0.496 e. The molecule has 0 aromatic heterocycles. The first-order valence-electron chi connectivity index (χ1n) is 9.87. The molecule has 0 spiro atoms. The monoisotopic (exact) mass is 394 g/mol. The molecule has 0 heterocycles. The summed E-state index contributed by atoms with van der Waals surface area (Å²) in [6.07, 6.45) is 3.99. The molecule has 0 N–H and O–H groups in total. The standard InChI is InChI=1S/C25H29FNO2/c1-17-13-18(2)15-20(14-17)19-9-10-23(29-12-11-27(3)4)21(16-19)25-22(26)7-6-8-24(25)28-5/h7-10,13-16H,6,11-12H2,1-5H3. The van der Waals surface area contributed by atoms with Crippen LogP contribution in [0.3, 0.4) is 0 Å². The molecule has 0 saturated heterocycles. The van der Waals surface area contributed by atoms with E-state index in [1.165, 1.54) is 11.1 Å². The van der Waals surface area contributed by atoms with Crippen LogP contribution in [0, 0.1) is 20.3 Å². The Morgan fingerprint density at radius 2 is 1.72 bits per heavy atom. The number of hydrogen-bond acceptors (Lipinski definition) is 3. The van der Waals surface area contributed by atoms with E-state index < -0.39 is 0 Å². The van der Waals surface area contributed by atoms with Crippen LogP contribution >= 0.6 is 0 Å².